The molecular formula is C10H5F3N2O4. The minimum absolute atomic E-state index is 0.426. The third-order valence-electron chi connectivity index (χ3n) is 2.14. The number of nitriles is 1. The number of rotatable bonds is 2. The molecule has 0 fully saturated rings. The van der Waals surface area contributed by atoms with Gasteiger partial charge in [-0.3, -0.25) is 10.1 Å². The fourth-order valence-corrected chi connectivity index (χ4v) is 1.39. The van der Waals surface area contributed by atoms with Gasteiger partial charge in [-0.25, -0.2) is 4.79 Å². The number of carbonyl (C=O) groups is 1. The summed E-state index contributed by atoms with van der Waals surface area (Å²) < 4.78 is 42.3. The van der Waals surface area contributed by atoms with Crippen molar-refractivity contribution in [3.63, 3.8) is 0 Å². The normalized spacial score (nSPS) is 10.7. The monoisotopic (exact) mass is 274 g/mol. The van der Waals surface area contributed by atoms with Gasteiger partial charge in [0.05, 0.1) is 23.2 Å². The molecule has 19 heavy (non-hydrogen) atoms. The molecule has 0 spiro atoms. The van der Waals surface area contributed by atoms with Gasteiger partial charge in [0, 0.05) is 6.07 Å². The van der Waals surface area contributed by atoms with Crippen molar-refractivity contribution in [2.24, 2.45) is 0 Å². The highest BCUT2D eigenvalue weighted by molar-refractivity contribution is 5.91. The molecule has 1 rings (SSSR count). The van der Waals surface area contributed by atoms with E-state index in [9.17, 15) is 28.1 Å². The molecule has 0 aromatic heterocycles. The van der Waals surface area contributed by atoms with E-state index in [0.717, 1.165) is 7.11 Å². The maximum Gasteiger partial charge on any atom is 0.424 e. The van der Waals surface area contributed by atoms with Gasteiger partial charge in [-0.05, 0) is 6.07 Å². The van der Waals surface area contributed by atoms with Crippen LogP contribution in [0.4, 0.5) is 18.9 Å². The largest absolute Gasteiger partial charge is 0.465 e. The van der Waals surface area contributed by atoms with Gasteiger partial charge in [-0.1, -0.05) is 0 Å². The second-order valence-electron chi connectivity index (χ2n) is 3.28. The molecule has 0 radical (unpaired) electrons. The third kappa shape index (κ3) is 2.79. The number of nitro groups is 1. The van der Waals surface area contributed by atoms with Crippen LogP contribution in [-0.2, 0) is 10.9 Å². The van der Waals surface area contributed by atoms with Gasteiger partial charge in [0.1, 0.15) is 6.07 Å². The summed E-state index contributed by atoms with van der Waals surface area (Å²) in [5.41, 5.74) is -4.57. The van der Waals surface area contributed by atoms with Gasteiger partial charge in [0.25, 0.3) is 5.69 Å². The smallest absolute Gasteiger partial charge is 0.424 e. The van der Waals surface area contributed by atoms with Crippen LogP contribution in [0.3, 0.4) is 0 Å². The molecule has 0 saturated heterocycles. The van der Waals surface area contributed by atoms with Crippen molar-refractivity contribution < 1.29 is 27.6 Å². The van der Waals surface area contributed by atoms with Gasteiger partial charge in [0.15, 0.2) is 5.56 Å². The number of esters is 1. The van der Waals surface area contributed by atoms with E-state index in [4.69, 9.17) is 5.26 Å². The van der Waals surface area contributed by atoms with Crippen LogP contribution in [0.1, 0.15) is 21.5 Å². The van der Waals surface area contributed by atoms with E-state index in [0.29, 0.717) is 12.1 Å². The highest BCUT2D eigenvalue weighted by Gasteiger charge is 2.42. The van der Waals surface area contributed by atoms with Crippen molar-refractivity contribution in [1.29, 1.82) is 5.26 Å². The Hall–Kier alpha value is -2.63. The molecule has 1 aromatic carbocycles. The molecule has 0 unspecified atom stereocenters. The van der Waals surface area contributed by atoms with Gasteiger partial charge in [-0.15, -0.1) is 0 Å². The first-order valence-electron chi connectivity index (χ1n) is 4.60. The molecule has 0 aliphatic rings. The Bertz CT molecular complexity index is 590. The molecule has 0 saturated carbocycles. The fraction of sp³-hybridized carbons (Fsp3) is 0.200. The number of nitro benzene ring substituents is 1. The Morgan fingerprint density at radius 1 is 1.47 bits per heavy atom. The van der Waals surface area contributed by atoms with Crippen LogP contribution in [-0.4, -0.2) is 18.0 Å². The maximum absolute atomic E-state index is 12.7. The number of methoxy groups -OCH3 is 1. The van der Waals surface area contributed by atoms with E-state index in [1.165, 1.54) is 6.07 Å². The number of benzene rings is 1. The molecule has 0 N–H and O–H groups in total. The number of ether oxygens (including phenoxy) is 1. The van der Waals surface area contributed by atoms with Crippen LogP contribution in [0.15, 0.2) is 12.1 Å². The lowest BCUT2D eigenvalue weighted by molar-refractivity contribution is -0.388. The third-order valence-corrected chi connectivity index (χ3v) is 2.14. The van der Waals surface area contributed by atoms with Crippen LogP contribution < -0.4 is 0 Å². The average molecular weight is 274 g/mol. The van der Waals surface area contributed by atoms with Crippen LogP contribution in [0.25, 0.3) is 0 Å². The Kier molecular flexibility index (Phi) is 3.75. The minimum Gasteiger partial charge on any atom is -0.465 e. The second kappa shape index (κ2) is 4.93. The molecule has 0 atom stereocenters. The fourth-order valence-electron chi connectivity index (χ4n) is 1.39. The topological polar surface area (TPSA) is 93.2 Å². The van der Waals surface area contributed by atoms with E-state index in [1.54, 1.807) is 0 Å². The van der Waals surface area contributed by atoms with Crippen molar-refractivity contribution in [3.8, 4) is 6.07 Å². The van der Waals surface area contributed by atoms with Gasteiger partial charge in [0.2, 0.25) is 0 Å². The van der Waals surface area contributed by atoms with Crippen molar-refractivity contribution in [2.45, 2.75) is 6.18 Å². The molecular weight excluding hydrogens is 269 g/mol. The molecule has 100 valence electrons. The van der Waals surface area contributed by atoms with Crippen molar-refractivity contribution in [1.82, 2.24) is 0 Å². The van der Waals surface area contributed by atoms with Gasteiger partial charge >= 0.3 is 12.1 Å². The molecule has 6 nitrogen and oxygen atoms in total. The summed E-state index contributed by atoms with van der Waals surface area (Å²) >= 11 is 0. The van der Waals surface area contributed by atoms with E-state index < -0.39 is 39.4 Å². The summed E-state index contributed by atoms with van der Waals surface area (Å²) in [5.74, 6) is -1.08. The van der Waals surface area contributed by atoms with Crippen LogP contribution in [0, 0.1) is 21.4 Å². The Balaban J connectivity index is 3.70. The first-order chi connectivity index (χ1) is 8.72. The predicted octanol–water partition coefficient (Wildman–Crippen LogP) is 2.27. The Labute approximate surface area is 104 Å². The Morgan fingerprint density at radius 3 is 2.42 bits per heavy atom. The summed E-state index contributed by atoms with van der Waals surface area (Å²) in [5, 5.41) is 19.3. The number of hydrogen-bond acceptors (Lipinski definition) is 5. The molecule has 9 heteroatoms. The van der Waals surface area contributed by atoms with E-state index in [2.05, 4.69) is 4.74 Å². The summed E-state index contributed by atoms with van der Waals surface area (Å²) in [6.45, 7) is 0. The average Bonchev–Trinajstić information content (AvgIpc) is 2.34. The standard InChI is InChI=1S/C10H5F3N2O4/c1-19-9(16)5-2-6(4-14)8(10(11,12)13)7(3-5)15(17)18/h2-3H,1H3. The number of carbonyl (C=O) groups excluding carboxylic acids is 1. The summed E-state index contributed by atoms with van der Waals surface area (Å²) in [7, 11) is 0.956. The lowest BCUT2D eigenvalue weighted by atomic mass is 10.0. The van der Waals surface area contributed by atoms with Crippen LogP contribution in [0.2, 0.25) is 0 Å². The van der Waals surface area contributed by atoms with Gasteiger partial charge in [-0.2, -0.15) is 18.4 Å². The van der Waals surface area contributed by atoms with Gasteiger partial charge < -0.3 is 4.74 Å². The van der Waals surface area contributed by atoms with E-state index in [-0.39, 0.29) is 0 Å². The lowest BCUT2D eigenvalue weighted by Gasteiger charge is -2.10. The number of nitrogens with zero attached hydrogens (tertiary/aromatic N) is 2. The summed E-state index contributed by atoms with van der Waals surface area (Å²) in [6, 6.07) is 2.21. The summed E-state index contributed by atoms with van der Waals surface area (Å²) in [4.78, 5) is 20.5. The molecule has 0 aliphatic carbocycles. The second-order valence-corrected chi connectivity index (χ2v) is 3.28. The van der Waals surface area contributed by atoms with E-state index >= 15 is 0 Å². The van der Waals surface area contributed by atoms with E-state index in [1.807, 2.05) is 0 Å². The molecule has 0 amide bonds. The predicted molar refractivity (Wildman–Crippen MR) is 54.2 cm³/mol. The highest BCUT2D eigenvalue weighted by Crippen LogP contribution is 2.39. The highest BCUT2D eigenvalue weighted by atomic mass is 19.4. The number of hydrogen-bond donors (Lipinski definition) is 0. The Morgan fingerprint density at radius 2 is 2.05 bits per heavy atom. The van der Waals surface area contributed by atoms with Crippen molar-refractivity contribution >= 4 is 11.7 Å². The van der Waals surface area contributed by atoms with Crippen LogP contribution >= 0.6 is 0 Å². The molecule has 0 aliphatic heterocycles. The van der Waals surface area contributed by atoms with Crippen LogP contribution in [0.5, 0.6) is 0 Å². The molecule has 1 aromatic rings. The first kappa shape index (κ1) is 14.4. The molecule has 0 heterocycles. The first-order valence-corrected chi connectivity index (χ1v) is 4.60. The number of halogens is 3. The SMILES string of the molecule is COC(=O)c1cc(C#N)c(C(F)(F)F)c([N+](=O)[O-])c1. The maximum atomic E-state index is 12.7. The van der Waals surface area contributed by atoms with Crippen molar-refractivity contribution in [3.05, 3.63) is 38.9 Å². The summed E-state index contributed by atoms with van der Waals surface area (Å²) in [6.07, 6.45) is -5.08. The zero-order chi connectivity index (χ0) is 14.8. The minimum atomic E-state index is -5.08. The zero-order valence-electron chi connectivity index (χ0n) is 9.32. The molecule has 0 bridgehead atoms. The lowest BCUT2D eigenvalue weighted by Crippen LogP contribution is -2.14. The number of alkyl halides is 3. The quantitative estimate of drug-likeness (QED) is 0.468. The zero-order valence-corrected chi connectivity index (χ0v) is 9.32. The van der Waals surface area contributed by atoms with Crippen molar-refractivity contribution in [2.75, 3.05) is 7.11 Å².